The van der Waals surface area contributed by atoms with E-state index in [1.165, 1.54) is 12.3 Å². The summed E-state index contributed by atoms with van der Waals surface area (Å²) in [6.45, 7) is -0.144. The van der Waals surface area contributed by atoms with Crippen LogP contribution < -0.4 is 5.32 Å². The lowest BCUT2D eigenvalue weighted by Gasteiger charge is -2.13. The van der Waals surface area contributed by atoms with Crippen LogP contribution in [-0.2, 0) is 0 Å². The minimum atomic E-state index is -1.15. The maximum atomic E-state index is 13.2. The summed E-state index contributed by atoms with van der Waals surface area (Å²) in [5.74, 6) is -2.49. The van der Waals surface area contributed by atoms with Gasteiger partial charge in [0.25, 0.3) is 5.91 Å². The largest absolute Gasteiger partial charge is 0.387 e. The lowest BCUT2D eigenvalue weighted by Crippen LogP contribution is -2.29. The maximum Gasteiger partial charge on any atom is 0.270 e. The highest BCUT2D eigenvalue weighted by molar-refractivity contribution is 6.05. The number of rotatable bonds is 4. The number of halogens is 2. The molecule has 0 aliphatic rings. The third kappa shape index (κ3) is 3.23. The van der Waals surface area contributed by atoms with Crippen LogP contribution in [0, 0.1) is 11.6 Å². The Morgan fingerprint density at radius 3 is 2.71 bits per heavy atom. The van der Waals surface area contributed by atoms with Crippen LogP contribution in [0.15, 0.2) is 54.7 Å². The maximum absolute atomic E-state index is 13.2. The standard InChI is InChI=1S/C18H14F2N2O2/c19-14-6-5-12(9-15(14)20)16(23)10-22-18(24)17-13-4-2-1-3-11(13)7-8-21-17/h1-9,16,23H,10H2,(H,22,24)/t16-/m1/s1. The average molecular weight is 328 g/mol. The summed E-state index contributed by atoms with van der Waals surface area (Å²) in [5.41, 5.74) is 0.422. The van der Waals surface area contributed by atoms with E-state index >= 15 is 0 Å². The molecule has 4 nitrogen and oxygen atoms in total. The van der Waals surface area contributed by atoms with E-state index < -0.39 is 23.6 Å². The molecule has 0 saturated carbocycles. The van der Waals surface area contributed by atoms with Crippen molar-refractivity contribution in [2.45, 2.75) is 6.10 Å². The van der Waals surface area contributed by atoms with Crippen LogP contribution in [0.1, 0.15) is 22.2 Å². The van der Waals surface area contributed by atoms with E-state index in [2.05, 4.69) is 10.3 Å². The Hall–Kier alpha value is -2.86. The van der Waals surface area contributed by atoms with Crippen molar-refractivity contribution in [3.05, 3.63) is 77.6 Å². The van der Waals surface area contributed by atoms with Crippen LogP contribution >= 0.6 is 0 Å². The van der Waals surface area contributed by atoms with E-state index in [0.29, 0.717) is 5.39 Å². The summed E-state index contributed by atoms with van der Waals surface area (Å²) in [6.07, 6.45) is 0.377. The number of aliphatic hydroxyl groups excluding tert-OH is 1. The van der Waals surface area contributed by atoms with E-state index in [4.69, 9.17) is 0 Å². The lowest BCUT2D eigenvalue weighted by atomic mass is 10.1. The molecule has 0 saturated heterocycles. The molecule has 0 fully saturated rings. The molecule has 1 aromatic heterocycles. The van der Waals surface area contributed by atoms with Crippen LogP contribution in [0.5, 0.6) is 0 Å². The van der Waals surface area contributed by atoms with E-state index in [-0.39, 0.29) is 17.8 Å². The van der Waals surface area contributed by atoms with E-state index in [1.54, 1.807) is 18.2 Å². The Kier molecular flexibility index (Phi) is 4.48. The van der Waals surface area contributed by atoms with Crippen molar-refractivity contribution >= 4 is 16.7 Å². The molecule has 2 aromatic carbocycles. The summed E-state index contributed by atoms with van der Waals surface area (Å²) in [4.78, 5) is 16.4. The number of pyridine rings is 1. The molecule has 2 N–H and O–H groups in total. The molecule has 3 aromatic rings. The van der Waals surface area contributed by atoms with Gasteiger partial charge in [0.2, 0.25) is 0 Å². The van der Waals surface area contributed by atoms with Gasteiger partial charge in [0, 0.05) is 18.1 Å². The first-order valence-corrected chi connectivity index (χ1v) is 7.31. The number of aliphatic hydroxyl groups is 1. The fourth-order valence-electron chi connectivity index (χ4n) is 2.41. The SMILES string of the molecule is O=C(NC[C@@H](O)c1ccc(F)c(F)c1)c1nccc2ccccc12. The van der Waals surface area contributed by atoms with Crippen molar-refractivity contribution in [1.82, 2.24) is 10.3 Å². The molecule has 24 heavy (non-hydrogen) atoms. The van der Waals surface area contributed by atoms with Gasteiger partial charge in [0.15, 0.2) is 11.6 Å². The van der Waals surface area contributed by atoms with Gasteiger partial charge in [-0.3, -0.25) is 9.78 Å². The van der Waals surface area contributed by atoms with Gasteiger partial charge >= 0.3 is 0 Å². The van der Waals surface area contributed by atoms with Crippen molar-refractivity contribution in [2.75, 3.05) is 6.54 Å². The summed E-state index contributed by atoms with van der Waals surface area (Å²) in [7, 11) is 0. The number of benzene rings is 2. The lowest BCUT2D eigenvalue weighted by molar-refractivity contribution is 0.0913. The summed E-state index contributed by atoms with van der Waals surface area (Å²) < 4.78 is 26.1. The van der Waals surface area contributed by atoms with E-state index in [9.17, 15) is 18.7 Å². The fraction of sp³-hybridized carbons (Fsp3) is 0.111. The van der Waals surface area contributed by atoms with Crippen LogP contribution in [-0.4, -0.2) is 22.5 Å². The number of amides is 1. The van der Waals surface area contributed by atoms with Crippen LogP contribution in [0.2, 0.25) is 0 Å². The molecule has 6 heteroatoms. The Balaban J connectivity index is 1.73. The number of carbonyl (C=O) groups is 1. The number of fused-ring (bicyclic) bond motifs is 1. The highest BCUT2D eigenvalue weighted by Crippen LogP contribution is 2.18. The zero-order chi connectivity index (χ0) is 17.1. The number of hydrogen-bond donors (Lipinski definition) is 2. The highest BCUT2D eigenvalue weighted by Gasteiger charge is 2.15. The second kappa shape index (κ2) is 6.72. The molecule has 1 atom stereocenters. The Bertz CT molecular complexity index is 894. The van der Waals surface area contributed by atoms with Gasteiger partial charge in [-0.25, -0.2) is 8.78 Å². The number of aromatic nitrogens is 1. The Labute approximate surface area is 136 Å². The minimum Gasteiger partial charge on any atom is -0.387 e. The zero-order valence-corrected chi connectivity index (χ0v) is 12.5. The number of hydrogen-bond acceptors (Lipinski definition) is 3. The summed E-state index contributed by atoms with van der Waals surface area (Å²) >= 11 is 0. The quantitative estimate of drug-likeness (QED) is 0.774. The molecule has 0 aliphatic carbocycles. The van der Waals surface area contributed by atoms with Gasteiger partial charge in [-0.1, -0.05) is 30.3 Å². The monoisotopic (exact) mass is 328 g/mol. The van der Waals surface area contributed by atoms with Crippen LogP contribution in [0.3, 0.4) is 0 Å². The first kappa shape index (κ1) is 16.0. The summed E-state index contributed by atoms with van der Waals surface area (Å²) in [5, 5.41) is 14.1. The molecule has 122 valence electrons. The molecule has 1 heterocycles. The second-order valence-electron chi connectivity index (χ2n) is 5.28. The van der Waals surface area contributed by atoms with Gasteiger partial charge in [-0.15, -0.1) is 0 Å². The molecule has 0 spiro atoms. The third-order valence-corrected chi connectivity index (χ3v) is 3.67. The van der Waals surface area contributed by atoms with Crippen molar-refractivity contribution in [3.8, 4) is 0 Å². The highest BCUT2D eigenvalue weighted by atomic mass is 19.2. The van der Waals surface area contributed by atoms with E-state index in [0.717, 1.165) is 17.5 Å². The van der Waals surface area contributed by atoms with Crippen LogP contribution in [0.25, 0.3) is 10.8 Å². The third-order valence-electron chi connectivity index (χ3n) is 3.67. The van der Waals surface area contributed by atoms with E-state index in [1.807, 2.05) is 12.1 Å². The first-order valence-electron chi connectivity index (χ1n) is 7.31. The van der Waals surface area contributed by atoms with Crippen LogP contribution in [0.4, 0.5) is 8.78 Å². The van der Waals surface area contributed by atoms with Gasteiger partial charge in [0.1, 0.15) is 5.69 Å². The molecule has 0 unspecified atom stereocenters. The zero-order valence-electron chi connectivity index (χ0n) is 12.5. The first-order chi connectivity index (χ1) is 11.6. The molecular formula is C18H14F2N2O2. The van der Waals surface area contributed by atoms with Crippen molar-refractivity contribution in [2.24, 2.45) is 0 Å². The molecular weight excluding hydrogens is 314 g/mol. The van der Waals surface area contributed by atoms with Gasteiger partial charge in [-0.2, -0.15) is 0 Å². The predicted molar refractivity (Wildman–Crippen MR) is 85.4 cm³/mol. The number of nitrogens with zero attached hydrogens (tertiary/aromatic N) is 1. The normalized spacial score (nSPS) is 12.1. The number of nitrogens with one attached hydrogen (secondary N) is 1. The molecule has 0 bridgehead atoms. The molecule has 0 radical (unpaired) electrons. The smallest absolute Gasteiger partial charge is 0.270 e. The van der Waals surface area contributed by atoms with Gasteiger partial charge < -0.3 is 10.4 Å². The number of carbonyl (C=O) groups excluding carboxylic acids is 1. The Morgan fingerprint density at radius 2 is 1.92 bits per heavy atom. The summed E-state index contributed by atoms with van der Waals surface area (Å²) in [6, 6.07) is 12.2. The minimum absolute atomic E-state index is 0.144. The molecule has 0 aliphatic heterocycles. The van der Waals surface area contributed by atoms with Crippen molar-refractivity contribution < 1.29 is 18.7 Å². The predicted octanol–water partition coefficient (Wildman–Crippen LogP) is 2.98. The topological polar surface area (TPSA) is 62.2 Å². The Morgan fingerprint density at radius 1 is 1.12 bits per heavy atom. The fourth-order valence-corrected chi connectivity index (χ4v) is 2.41. The average Bonchev–Trinajstić information content (AvgIpc) is 2.61. The van der Waals surface area contributed by atoms with Crippen molar-refractivity contribution in [3.63, 3.8) is 0 Å². The van der Waals surface area contributed by atoms with Crippen molar-refractivity contribution in [1.29, 1.82) is 0 Å². The second-order valence-corrected chi connectivity index (χ2v) is 5.28. The van der Waals surface area contributed by atoms with Gasteiger partial charge in [-0.05, 0) is 29.1 Å². The molecule has 1 amide bonds. The van der Waals surface area contributed by atoms with Gasteiger partial charge in [0.05, 0.1) is 6.10 Å². The molecule has 3 rings (SSSR count).